The van der Waals surface area contributed by atoms with Gasteiger partial charge in [-0.05, 0) is 51.4 Å². The maximum Gasteiger partial charge on any atom is 0.306 e. The number of esters is 3. The van der Waals surface area contributed by atoms with Gasteiger partial charge >= 0.3 is 17.9 Å². The summed E-state index contributed by atoms with van der Waals surface area (Å²) < 4.78 is 16.9. The summed E-state index contributed by atoms with van der Waals surface area (Å²) in [6, 6.07) is 0. The number of allylic oxidation sites excluding steroid dienone is 4. The Morgan fingerprint density at radius 2 is 0.500 bits per heavy atom. The molecule has 72 heavy (non-hydrogen) atoms. The van der Waals surface area contributed by atoms with Crippen LogP contribution in [-0.4, -0.2) is 37.2 Å². The molecule has 0 rings (SSSR count). The smallest absolute Gasteiger partial charge is 0.306 e. The summed E-state index contributed by atoms with van der Waals surface area (Å²) in [7, 11) is 0. The highest BCUT2D eigenvalue weighted by atomic mass is 16.6. The monoisotopic (exact) mass is 1010 g/mol. The van der Waals surface area contributed by atoms with Crippen molar-refractivity contribution in [3.8, 4) is 0 Å². The van der Waals surface area contributed by atoms with Gasteiger partial charge in [-0.1, -0.05) is 315 Å². The maximum atomic E-state index is 12.9. The highest BCUT2D eigenvalue weighted by molar-refractivity contribution is 5.71. The van der Waals surface area contributed by atoms with Crippen molar-refractivity contribution in [1.29, 1.82) is 0 Å². The van der Waals surface area contributed by atoms with Crippen LogP contribution in [0.15, 0.2) is 24.3 Å². The first-order valence-electron chi connectivity index (χ1n) is 32.3. The summed E-state index contributed by atoms with van der Waals surface area (Å²) in [5.41, 5.74) is 0. The first-order chi connectivity index (χ1) is 35.5. The highest BCUT2D eigenvalue weighted by Gasteiger charge is 2.19. The van der Waals surface area contributed by atoms with Crippen LogP contribution in [0.4, 0.5) is 0 Å². The molecular weight excluding hydrogens is 889 g/mol. The van der Waals surface area contributed by atoms with E-state index in [4.69, 9.17) is 14.2 Å². The minimum atomic E-state index is -0.775. The largest absolute Gasteiger partial charge is 0.462 e. The molecule has 0 aromatic heterocycles. The molecule has 0 fully saturated rings. The minimum absolute atomic E-state index is 0.0710. The number of carbonyl (C=O) groups excluding carboxylic acids is 3. The van der Waals surface area contributed by atoms with Gasteiger partial charge in [-0.3, -0.25) is 14.4 Å². The molecule has 6 heteroatoms. The predicted octanol–water partition coefficient (Wildman–Crippen LogP) is 21.8. The zero-order chi connectivity index (χ0) is 52.2. The van der Waals surface area contributed by atoms with E-state index in [9.17, 15) is 14.4 Å². The fourth-order valence-electron chi connectivity index (χ4n) is 9.83. The second kappa shape index (κ2) is 61.4. The number of carbonyl (C=O) groups is 3. The molecule has 0 amide bonds. The molecule has 0 aliphatic carbocycles. The van der Waals surface area contributed by atoms with Crippen LogP contribution in [0.1, 0.15) is 361 Å². The van der Waals surface area contributed by atoms with E-state index in [0.29, 0.717) is 19.3 Å². The molecule has 0 heterocycles. The van der Waals surface area contributed by atoms with E-state index in [1.807, 2.05) is 0 Å². The maximum absolute atomic E-state index is 12.9. The lowest BCUT2D eigenvalue weighted by Crippen LogP contribution is -2.30. The molecule has 0 aliphatic heterocycles. The van der Waals surface area contributed by atoms with Gasteiger partial charge in [0.15, 0.2) is 6.10 Å². The van der Waals surface area contributed by atoms with E-state index in [2.05, 4.69) is 45.1 Å². The molecular formula is C66H124O6. The zero-order valence-electron chi connectivity index (χ0n) is 48.7. The van der Waals surface area contributed by atoms with Crippen LogP contribution in [0.2, 0.25) is 0 Å². The van der Waals surface area contributed by atoms with E-state index in [1.165, 1.54) is 244 Å². The third-order valence-corrected chi connectivity index (χ3v) is 14.7. The lowest BCUT2D eigenvalue weighted by atomic mass is 10.0. The van der Waals surface area contributed by atoms with E-state index in [1.54, 1.807) is 0 Å². The van der Waals surface area contributed by atoms with Crippen LogP contribution in [-0.2, 0) is 28.6 Å². The van der Waals surface area contributed by atoms with E-state index in [0.717, 1.165) is 77.0 Å². The average Bonchev–Trinajstić information content (AvgIpc) is 3.38. The first-order valence-corrected chi connectivity index (χ1v) is 32.3. The Balaban J connectivity index is 4.27. The van der Waals surface area contributed by atoms with E-state index < -0.39 is 6.10 Å². The van der Waals surface area contributed by atoms with Crippen LogP contribution < -0.4 is 0 Å². The number of ether oxygens (including phenoxy) is 3. The Labute approximate surface area is 449 Å². The Morgan fingerprint density at radius 3 is 0.778 bits per heavy atom. The molecule has 0 aliphatic rings. The van der Waals surface area contributed by atoms with Crippen molar-refractivity contribution < 1.29 is 28.6 Å². The molecule has 0 radical (unpaired) electrons. The molecule has 6 nitrogen and oxygen atoms in total. The normalized spacial score (nSPS) is 12.1. The third kappa shape index (κ3) is 58.8. The van der Waals surface area contributed by atoms with Crippen LogP contribution >= 0.6 is 0 Å². The highest BCUT2D eigenvalue weighted by Crippen LogP contribution is 2.18. The molecule has 424 valence electrons. The number of hydrogen-bond acceptors (Lipinski definition) is 6. The summed E-state index contributed by atoms with van der Waals surface area (Å²) in [6.45, 7) is 6.68. The van der Waals surface area contributed by atoms with Crippen LogP contribution in [0.25, 0.3) is 0 Å². The second-order valence-corrected chi connectivity index (χ2v) is 22.0. The van der Waals surface area contributed by atoms with Crippen LogP contribution in [0, 0.1) is 0 Å². The molecule has 0 aromatic rings. The van der Waals surface area contributed by atoms with E-state index in [-0.39, 0.29) is 31.1 Å². The van der Waals surface area contributed by atoms with Gasteiger partial charge in [0.05, 0.1) is 0 Å². The Hall–Kier alpha value is -2.11. The quantitative estimate of drug-likeness (QED) is 0.0261. The fourth-order valence-corrected chi connectivity index (χ4v) is 9.83. The minimum Gasteiger partial charge on any atom is -0.462 e. The number of rotatable bonds is 60. The predicted molar refractivity (Wildman–Crippen MR) is 312 cm³/mol. The van der Waals surface area contributed by atoms with Gasteiger partial charge in [-0.25, -0.2) is 0 Å². The molecule has 0 N–H and O–H groups in total. The Bertz CT molecular complexity index is 1160. The lowest BCUT2D eigenvalue weighted by molar-refractivity contribution is -0.167. The van der Waals surface area contributed by atoms with Gasteiger partial charge in [0.2, 0.25) is 0 Å². The molecule has 0 spiro atoms. The van der Waals surface area contributed by atoms with Gasteiger partial charge < -0.3 is 14.2 Å². The summed E-state index contributed by atoms with van der Waals surface area (Å²) in [6.07, 6.45) is 73.3. The number of unbranched alkanes of at least 4 members (excludes halogenated alkanes) is 45. The van der Waals surface area contributed by atoms with Crippen molar-refractivity contribution in [3.05, 3.63) is 24.3 Å². The zero-order valence-corrected chi connectivity index (χ0v) is 48.7. The van der Waals surface area contributed by atoms with Gasteiger partial charge in [0.25, 0.3) is 0 Å². The first kappa shape index (κ1) is 69.9. The van der Waals surface area contributed by atoms with Gasteiger partial charge in [-0.15, -0.1) is 0 Å². The van der Waals surface area contributed by atoms with Crippen molar-refractivity contribution in [1.82, 2.24) is 0 Å². The van der Waals surface area contributed by atoms with Gasteiger partial charge in [0.1, 0.15) is 13.2 Å². The van der Waals surface area contributed by atoms with Gasteiger partial charge in [-0.2, -0.15) is 0 Å². The Kier molecular flexibility index (Phi) is 59.6. The molecule has 1 unspecified atom stereocenters. The van der Waals surface area contributed by atoms with E-state index >= 15 is 0 Å². The SMILES string of the molecule is CCCCCC/C=C\C/C=C\CCCCCCCC(=O)OC(COC(=O)CCCCCCCCCCCCCCCCC)COC(=O)CCCCCCCCCCCCCCCCCCCCCCCCC. The van der Waals surface area contributed by atoms with Crippen molar-refractivity contribution in [2.45, 2.75) is 367 Å². The molecule has 1 atom stereocenters. The molecule has 0 aromatic carbocycles. The topological polar surface area (TPSA) is 78.9 Å². The molecule has 0 saturated heterocycles. The van der Waals surface area contributed by atoms with Crippen molar-refractivity contribution in [2.75, 3.05) is 13.2 Å². The van der Waals surface area contributed by atoms with Crippen molar-refractivity contribution in [3.63, 3.8) is 0 Å². The van der Waals surface area contributed by atoms with Crippen molar-refractivity contribution in [2.24, 2.45) is 0 Å². The summed E-state index contributed by atoms with van der Waals surface area (Å²) >= 11 is 0. The molecule has 0 bridgehead atoms. The van der Waals surface area contributed by atoms with Crippen molar-refractivity contribution >= 4 is 17.9 Å². The Morgan fingerprint density at radius 1 is 0.278 bits per heavy atom. The fraction of sp³-hybridized carbons (Fsp3) is 0.894. The standard InChI is InChI=1S/C66H124O6/c1-4-7-10-13-16-19-22-25-28-30-31-32-33-34-35-36-39-41-44-47-50-53-56-59-65(68)71-62-63(61-70-64(67)58-55-52-49-46-43-40-37-27-24-21-18-15-12-9-6-3)72-66(69)60-57-54-51-48-45-42-38-29-26-23-20-17-14-11-8-5-2/h20,23,29,38,63H,4-19,21-22,24-28,30-37,39-62H2,1-3H3/b23-20-,38-29-. The second-order valence-electron chi connectivity index (χ2n) is 22.0. The lowest BCUT2D eigenvalue weighted by Gasteiger charge is -2.18. The third-order valence-electron chi connectivity index (χ3n) is 14.7. The van der Waals surface area contributed by atoms with Gasteiger partial charge in [0, 0.05) is 19.3 Å². The summed E-state index contributed by atoms with van der Waals surface area (Å²) in [5, 5.41) is 0. The molecule has 0 saturated carbocycles. The average molecular weight is 1010 g/mol. The van der Waals surface area contributed by atoms with Crippen LogP contribution in [0.3, 0.4) is 0 Å². The summed E-state index contributed by atoms with van der Waals surface area (Å²) in [4.78, 5) is 38.3. The number of hydrogen-bond donors (Lipinski definition) is 0. The van der Waals surface area contributed by atoms with Crippen LogP contribution in [0.5, 0.6) is 0 Å². The summed E-state index contributed by atoms with van der Waals surface area (Å²) in [5.74, 6) is -0.857.